The van der Waals surface area contributed by atoms with Crippen LogP contribution in [0.2, 0.25) is 18.1 Å². The number of anilines is 1. The van der Waals surface area contributed by atoms with Crippen LogP contribution in [0, 0.1) is 0 Å². The van der Waals surface area contributed by atoms with Gasteiger partial charge in [0.25, 0.3) is 0 Å². The molecule has 2 aromatic rings. The fraction of sp³-hybridized carbons (Fsp3) is 0.562. The smallest absolute Gasteiger partial charge is 0.192 e. The van der Waals surface area contributed by atoms with Gasteiger partial charge in [0.15, 0.2) is 26.0 Å². The molecular formula is C16H25N5O2Si. The largest absolute Gasteiger partial charge is 0.414 e. The van der Waals surface area contributed by atoms with E-state index in [4.69, 9.17) is 14.9 Å². The number of hydrogen-bond acceptors (Lipinski definition) is 6. The van der Waals surface area contributed by atoms with Crippen LogP contribution < -0.4 is 5.73 Å². The number of rotatable bonds is 4. The first-order valence-electron chi connectivity index (χ1n) is 8.10. The van der Waals surface area contributed by atoms with Gasteiger partial charge in [0, 0.05) is 0 Å². The molecule has 0 saturated carbocycles. The molecule has 3 heterocycles. The molecule has 1 aliphatic rings. The summed E-state index contributed by atoms with van der Waals surface area (Å²) in [7, 11) is -1.78. The van der Waals surface area contributed by atoms with E-state index in [2.05, 4.69) is 48.8 Å². The normalized spacial score (nSPS) is 21.7. The zero-order chi connectivity index (χ0) is 17.5. The maximum Gasteiger partial charge on any atom is 0.192 e. The zero-order valence-electron chi connectivity index (χ0n) is 14.9. The minimum atomic E-state index is -1.78. The van der Waals surface area contributed by atoms with E-state index >= 15 is 0 Å². The van der Waals surface area contributed by atoms with Crippen molar-refractivity contribution in [1.82, 2.24) is 19.5 Å². The summed E-state index contributed by atoms with van der Waals surface area (Å²) in [5.41, 5.74) is 7.09. The number of nitrogens with zero attached hydrogens (tertiary/aromatic N) is 4. The second-order valence-electron chi connectivity index (χ2n) is 7.60. The first kappa shape index (κ1) is 17.1. The fourth-order valence-corrected chi connectivity index (χ4v) is 3.32. The van der Waals surface area contributed by atoms with Crippen molar-refractivity contribution >= 4 is 25.3 Å². The average molecular weight is 347 g/mol. The zero-order valence-corrected chi connectivity index (χ0v) is 15.9. The Labute approximate surface area is 143 Å². The molecule has 0 saturated heterocycles. The lowest BCUT2D eigenvalue weighted by atomic mass is 10.2. The minimum Gasteiger partial charge on any atom is -0.414 e. The van der Waals surface area contributed by atoms with Crippen molar-refractivity contribution in [2.45, 2.75) is 51.2 Å². The molecule has 0 radical (unpaired) electrons. The van der Waals surface area contributed by atoms with E-state index in [0.717, 1.165) is 0 Å². The van der Waals surface area contributed by atoms with Gasteiger partial charge in [-0.2, -0.15) is 0 Å². The Bertz CT molecular complexity index is 765. The molecule has 0 aliphatic carbocycles. The first-order chi connectivity index (χ1) is 11.2. The molecule has 0 unspecified atom stereocenters. The van der Waals surface area contributed by atoms with Crippen molar-refractivity contribution < 1.29 is 9.16 Å². The van der Waals surface area contributed by atoms with Gasteiger partial charge in [0.05, 0.1) is 12.9 Å². The van der Waals surface area contributed by atoms with Crippen molar-refractivity contribution in [2.75, 3.05) is 12.3 Å². The van der Waals surface area contributed by atoms with Gasteiger partial charge in [-0.25, -0.2) is 15.0 Å². The molecule has 1 aliphatic heterocycles. The van der Waals surface area contributed by atoms with Gasteiger partial charge in [-0.05, 0) is 24.2 Å². The minimum absolute atomic E-state index is 0.0687. The lowest BCUT2D eigenvalue weighted by Crippen LogP contribution is -2.42. The van der Waals surface area contributed by atoms with E-state index in [9.17, 15) is 0 Å². The van der Waals surface area contributed by atoms with E-state index in [1.807, 2.05) is 16.7 Å². The molecule has 130 valence electrons. The second-order valence-corrected chi connectivity index (χ2v) is 12.4. The molecule has 3 rings (SSSR count). The molecule has 0 aromatic carbocycles. The predicted octanol–water partition coefficient (Wildman–Crippen LogP) is 2.88. The van der Waals surface area contributed by atoms with Crippen LogP contribution in [0.5, 0.6) is 0 Å². The Balaban J connectivity index is 1.68. The SMILES string of the molecule is CC(C)(C)[Si](C)(C)OC[C@@H]1C=C[C@@H](n2cnc3c(N)ncnc32)O1. The Kier molecular flexibility index (Phi) is 4.23. The Morgan fingerprint density at radius 3 is 2.71 bits per heavy atom. The number of fused-ring (bicyclic) bond motifs is 1. The summed E-state index contributed by atoms with van der Waals surface area (Å²) < 4.78 is 14.2. The monoisotopic (exact) mass is 347 g/mol. The number of nitrogen functional groups attached to an aromatic ring is 1. The van der Waals surface area contributed by atoms with Crippen LogP contribution in [-0.2, 0) is 9.16 Å². The summed E-state index contributed by atoms with van der Waals surface area (Å²) in [6.07, 6.45) is 6.83. The van der Waals surface area contributed by atoms with Crippen LogP contribution >= 0.6 is 0 Å². The molecule has 2 aromatic heterocycles. The van der Waals surface area contributed by atoms with Gasteiger partial charge in [-0.15, -0.1) is 0 Å². The third-order valence-electron chi connectivity index (χ3n) is 4.88. The topological polar surface area (TPSA) is 88.1 Å². The summed E-state index contributed by atoms with van der Waals surface area (Å²) in [5.74, 6) is 0.374. The van der Waals surface area contributed by atoms with E-state index < -0.39 is 8.32 Å². The van der Waals surface area contributed by atoms with Gasteiger partial charge >= 0.3 is 0 Å². The molecule has 2 N–H and O–H groups in total. The predicted molar refractivity (Wildman–Crippen MR) is 95.9 cm³/mol. The lowest BCUT2D eigenvalue weighted by molar-refractivity contribution is -0.00380. The summed E-state index contributed by atoms with van der Waals surface area (Å²) in [4.78, 5) is 12.5. The second kappa shape index (κ2) is 5.94. The van der Waals surface area contributed by atoms with Crippen molar-refractivity contribution in [3.05, 3.63) is 24.8 Å². The van der Waals surface area contributed by atoms with Crippen molar-refractivity contribution in [3.63, 3.8) is 0 Å². The molecule has 7 nitrogen and oxygen atoms in total. The summed E-state index contributed by atoms with van der Waals surface area (Å²) >= 11 is 0. The molecule has 0 spiro atoms. The van der Waals surface area contributed by atoms with Gasteiger partial charge < -0.3 is 14.9 Å². The molecule has 2 atom stereocenters. The van der Waals surface area contributed by atoms with Gasteiger partial charge in [0.1, 0.15) is 17.9 Å². The van der Waals surface area contributed by atoms with Crippen LogP contribution in [0.1, 0.15) is 27.0 Å². The fourth-order valence-electron chi connectivity index (χ4n) is 2.31. The van der Waals surface area contributed by atoms with Gasteiger partial charge in [-0.3, -0.25) is 4.57 Å². The number of aromatic nitrogens is 4. The third kappa shape index (κ3) is 3.09. The Morgan fingerprint density at radius 2 is 2.00 bits per heavy atom. The lowest BCUT2D eigenvalue weighted by Gasteiger charge is -2.36. The molecule has 24 heavy (non-hydrogen) atoms. The van der Waals surface area contributed by atoms with Gasteiger partial charge in [-0.1, -0.05) is 26.8 Å². The van der Waals surface area contributed by atoms with Crippen LogP contribution in [0.4, 0.5) is 5.82 Å². The van der Waals surface area contributed by atoms with E-state index in [0.29, 0.717) is 23.6 Å². The van der Waals surface area contributed by atoms with E-state index in [1.54, 1.807) is 6.33 Å². The van der Waals surface area contributed by atoms with Crippen LogP contribution in [0.3, 0.4) is 0 Å². The standard InChI is InChI=1S/C16H25N5O2Si/c1-16(2,3)24(4,5)22-8-11-6-7-12(23-11)21-10-20-13-14(17)18-9-19-15(13)21/h6-7,9-12H,8H2,1-5H3,(H2,17,18,19)/t11-,12-/m0/s1. The third-order valence-corrected chi connectivity index (χ3v) is 9.38. The van der Waals surface area contributed by atoms with Gasteiger partial charge in [0.2, 0.25) is 0 Å². The summed E-state index contributed by atoms with van der Waals surface area (Å²) in [6, 6.07) is 0. The van der Waals surface area contributed by atoms with Crippen LogP contribution in [-0.4, -0.2) is 40.5 Å². The summed E-state index contributed by atoms with van der Waals surface area (Å²) in [6.45, 7) is 11.7. The highest BCUT2D eigenvalue weighted by Crippen LogP contribution is 2.37. The number of hydrogen-bond donors (Lipinski definition) is 1. The highest BCUT2D eigenvalue weighted by molar-refractivity contribution is 6.74. The number of ether oxygens (including phenoxy) is 1. The summed E-state index contributed by atoms with van der Waals surface area (Å²) in [5, 5.41) is 0.184. The van der Waals surface area contributed by atoms with Crippen LogP contribution in [0.25, 0.3) is 11.2 Å². The molecular weight excluding hydrogens is 322 g/mol. The van der Waals surface area contributed by atoms with Crippen LogP contribution in [0.15, 0.2) is 24.8 Å². The molecule has 0 fully saturated rings. The average Bonchev–Trinajstić information content (AvgIpc) is 3.10. The van der Waals surface area contributed by atoms with E-state index in [-0.39, 0.29) is 17.4 Å². The highest BCUT2D eigenvalue weighted by Gasteiger charge is 2.38. The highest BCUT2D eigenvalue weighted by atomic mass is 28.4. The Morgan fingerprint density at radius 1 is 1.25 bits per heavy atom. The van der Waals surface area contributed by atoms with Crippen molar-refractivity contribution in [1.29, 1.82) is 0 Å². The van der Waals surface area contributed by atoms with E-state index in [1.165, 1.54) is 6.33 Å². The molecule has 0 bridgehead atoms. The maximum absolute atomic E-state index is 6.24. The maximum atomic E-state index is 6.24. The first-order valence-corrected chi connectivity index (χ1v) is 11.0. The molecule has 8 heteroatoms. The van der Waals surface area contributed by atoms with Crippen molar-refractivity contribution in [2.24, 2.45) is 0 Å². The molecule has 0 amide bonds. The Hall–Kier alpha value is -1.77. The quantitative estimate of drug-likeness (QED) is 0.676. The number of nitrogens with two attached hydrogens (primary N) is 1. The number of imidazole rings is 1. The van der Waals surface area contributed by atoms with Crippen molar-refractivity contribution in [3.8, 4) is 0 Å².